The van der Waals surface area contributed by atoms with Gasteiger partial charge in [0.05, 0.1) is 10.4 Å². The van der Waals surface area contributed by atoms with Gasteiger partial charge in [-0.25, -0.2) is 13.8 Å². The molecule has 0 bridgehead atoms. The van der Waals surface area contributed by atoms with Crippen LogP contribution in [0.4, 0.5) is 13.9 Å². The first-order valence-corrected chi connectivity index (χ1v) is 8.97. The van der Waals surface area contributed by atoms with E-state index in [2.05, 4.69) is 14.6 Å². The van der Waals surface area contributed by atoms with Crippen molar-refractivity contribution < 1.29 is 13.6 Å². The van der Waals surface area contributed by atoms with Gasteiger partial charge in [-0.1, -0.05) is 15.8 Å². The number of halogens is 3. The van der Waals surface area contributed by atoms with Crippen molar-refractivity contribution in [2.45, 2.75) is 6.92 Å². The van der Waals surface area contributed by atoms with Crippen LogP contribution in [0.3, 0.4) is 0 Å². The Labute approximate surface area is 163 Å². The molecular formula is C15H16ClF2N5OS2. The zero-order chi connectivity index (χ0) is 18.1. The molecule has 11 heteroatoms. The zero-order valence-electron chi connectivity index (χ0n) is 14.2. The third-order valence-corrected chi connectivity index (χ3v) is 5.34. The van der Waals surface area contributed by atoms with Gasteiger partial charge >= 0.3 is 0 Å². The fraction of sp³-hybridized carbons (Fsp3) is 0.333. The minimum absolute atomic E-state index is 0. The van der Waals surface area contributed by atoms with Crippen LogP contribution in [-0.2, 0) is 0 Å². The summed E-state index contributed by atoms with van der Waals surface area (Å²) in [5, 5.41) is 4.18. The number of amides is 1. The molecular weight excluding hydrogens is 404 g/mol. The number of likely N-dealkylation sites (N-methyl/N-ethyl adjacent to an activating group) is 1. The number of rotatable bonds is 5. The van der Waals surface area contributed by atoms with Crippen LogP contribution in [0, 0.1) is 18.6 Å². The number of anilines is 1. The molecule has 3 aromatic rings. The highest BCUT2D eigenvalue weighted by molar-refractivity contribution is 7.22. The van der Waals surface area contributed by atoms with E-state index in [1.807, 2.05) is 19.0 Å². The molecule has 140 valence electrons. The van der Waals surface area contributed by atoms with Gasteiger partial charge in [-0.15, -0.1) is 17.5 Å². The van der Waals surface area contributed by atoms with Gasteiger partial charge in [-0.2, -0.15) is 0 Å². The summed E-state index contributed by atoms with van der Waals surface area (Å²) >= 11 is 2.08. The molecule has 2 heterocycles. The maximum Gasteiger partial charge on any atom is 0.273 e. The fourth-order valence-electron chi connectivity index (χ4n) is 2.20. The summed E-state index contributed by atoms with van der Waals surface area (Å²) < 4.78 is 31.5. The number of aryl methyl sites for hydroxylation is 1. The monoisotopic (exact) mass is 419 g/mol. The summed E-state index contributed by atoms with van der Waals surface area (Å²) in [4.78, 5) is 20.9. The van der Waals surface area contributed by atoms with Crippen LogP contribution >= 0.6 is 35.3 Å². The molecule has 0 N–H and O–H groups in total. The van der Waals surface area contributed by atoms with Crippen LogP contribution < -0.4 is 4.90 Å². The topological polar surface area (TPSA) is 62.2 Å². The Balaban J connectivity index is 0.00000243. The van der Waals surface area contributed by atoms with Crippen LogP contribution in [0.1, 0.15) is 15.4 Å². The Morgan fingerprint density at radius 2 is 1.96 bits per heavy atom. The lowest BCUT2D eigenvalue weighted by Gasteiger charge is -2.21. The van der Waals surface area contributed by atoms with Crippen molar-refractivity contribution >= 4 is 56.5 Å². The smallest absolute Gasteiger partial charge is 0.273 e. The lowest BCUT2D eigenvalue weighted by molar-refractivity contribution is 0.0988. The van der Waals surface area contributed by atoms with Crippen molar-refractivity contribution in [2.75, 3.05) is 32.1 Å². The Bertz CT molecular complexity index is 930. The molecule has 6 nitrogen and oxygen atoms in total. The number of benzene rings is 1. The minimum Gasteiger partial charge on any atom is -0.308 e. The van der Waals surface area contributed by atoms with Crippen molar-refractivity contribution in [3.63, 3.8) is 0 Å². The second kappa shape index (κ2) is 8.30. The molecule has 2 aromatic heterocycles. The molecule has 1 aromatic carbocycles. The lowest BCUT2D eigenvalue weighted by atomic mass is 10.3. The van der Waals surface area contributed by atoms with E-state index in [1.165, 1.54) is 11.0 Å². The van der Waals surface area contributed by atoms with E-state index in [1.54, 1.807) is 6.92 Å². The van der Waals surface area contributed by atoms with Gasteiger partial charge in [0.25, 0.3) is 5.91 Å². The van der Waals surface area contributed by atoms with Gasteiger partial charge in [0, 0.05) is 19.2 Å². The Hall–Kier alpha value is -1.75. The molecule has 0 saturated heterocycles. The maximum atomic E-state index is 14.0. The van der Waals surface area contributed by atoms with Crippen LogP contribution in [0.2, 0.25) is 0 Å². The van der Waals surface area contributed by atoms with E-state index < -0.39 is 11.6 Å². The van der Waals surface area contributed by atoms with Crippen LogP contribution in [0.15, 0.2) is 12.1 Å². The predicted octanol–water partition coefficient (Wildman–Crippen LogP) is 3.36. The van der Waals surface area contributed by atoms with Crippen LogP contribution in [0.25, 0.3) is 10.2 Å². The van der Waals surface area contributed by atoms with Crippen LogP contribution in [0.5, 0.6) is 0 Å². The molecule has 0 spiro atoms. The van der Waals surface area contributed by atoms with E-state index in [0.29, 0.717) is 33.5 Å². The van der Waals surface area contributed by atoms with E-state index >= 15 is 0 Å². The van der Waals surface area contributed by atoms with E-state index in [4.69, 9.17) is 0 Å². The largest absolute Gasteiger partial charge is 0.308 e. The zero-order valence-corrected chi connectivity index (χ0v) is 16.6. The van der Waals surface area contributed by atoms with Gasteiger partial charge in [-0.05, 0) is 38.6 Å². The average Bonchev–Trinajstić information content (AvgIpc) is 3.13. The fourth-order valence-corrected chi connectivity index (χ4v) is 3.83. The normalized spacial score (nSPS) is 11.0. The summed E-state index contributed by atoms with van der Waals surface area (Å²) in [6.07, 6.45) is 0. The average molecular weight is 420 g/mol. The van der Waals surface area contributed by atoms with Crippen molar-refractivity contribution in [1.82, 2.24) is 19.5 Å². The van der Waals surface area contributed by atoms with E-state index in [-0.39, 0.29) is 23.8 Å². The molecule has 3 rings (SSSR count). The predicted molar refractivity (Wildman–Crippen MR) is 102 cm³/mol. The first-order valence-electron chi connectivity index (χ1n) is 7.38. The molecule has 0 saturated carbocycles. The Morgan fingerprint density at radius 1 is 1.23 bits per heavy atom. The third-order valence-electron chi connectivity index (χ3n) is 3.49. The number of nitrogens with zero attached hydrogens (tertiary/aromatic N) is 5. The number of hydrogen-bond donors (Lipinski definition) is 0. The molecule has 0 aliphatic carbocycles. The van der Waals surface area contributed by atoms with E-state index in [0.717, 1.165) is 28.9 Å². The summed E-state index contributed by atoms with van der Waals surface area (Å²) in [5.41, 5.74) is 0.589. The van der Waals surface area contributed by atoms with Crippen LogP contribution in [-0.4, -0.2) is 52.6 Å². The molecule has 0 radical (unpaired) electrons. The number of aromatic nitrogens is 3. The number of carbonyl (C=O) groups is 1. The Morgan fingerprint density at radius 3 is 2.58 bits per heavy atom. The number of hydrogen-bond acceptors (Lipinski definition) is 7. The van der Waals surface area contributed by atoms with Gasteiger partial charge in [0.15, 0.2) is 10.9 Å². The molecule has 0 atom stereocenters. The second-order valence-corrected chi connectivity index (χ2v) is 7.44. The molecule has 26 heavy (non-hydrogen) atoms. The molecule has 0 fully saturated rings. The Kier molecular flexibility index (Phi) is 6.56. The number of carbonyl (C=O) groups excluding carboxylic acids is 1. The van der Waals surface area contributed by atoms with Gasteiger partial charge in [0.2, 0.25) is 0 Å². The van der Waals surface area contributed by atoms with Crippen molar-refractivity contribution in [1.29, 1.82) is 0 Å². The lowest BCUT2D eigenvalue weighted by Crippen LogP contribution is -2.36. The van der Waals surface area contributed by atoms with Gasteiger partial charge < -0.3 is 4.90 Å². The summed E-state index contributed by atoms with van der Waals surface area (Å²) in [5.74, 6) is -1.71. The highest BCUT2D eigenvalue weighted by atomic mass is 35.5. The van der Waals surface area contributed by atoms with Gasteiger partial charge in [-0.3, -0.25) is 9.69 Å². The molecule has 0 aliphatic heterocycles. The minimum atomic E-state index is -0.742. The van der Waals surface area contributed by atoms with Gasteiger partial charge in [0.1, 0.15) is 16.2 Å². The summed E-state index contributed by atoms with van der Waals surface area (Å²) in [7, 11) is 3.77. The quantitative estimate of drug-likeness (QED) is 0.634. The summed E-state index contributed by atoms with van der Waals surface area (Å²) in [6, 6.07) is 2.00. The van der Waals surface area contributed by atoms with Crippen molar-refractivity contribution in [3.05, 3.63) is 34.3 Å². The van der Waals surface area contributed by atoms with Crippen molar-refractivity contribution in [2.24, 2.45) is 0 Å². The maximum absolute atomic E-state index is 14.0. The molecule has 1 amide bonds. The standard InChI is InChI=1S/C15H15F2N5OS2.ClH/c1-8-13(25-20-19-8)14(23)22(5-4-21(2)3)15-18-12-10(17)6-9(16)7-11(12)24-15;/h6-7H,4-5H2,1-3H3;1H. The number of thiazole rings is 1. The molecule has 0 aliphatic rings. The van der Waals surface area contributed by atoms with Crippen molar-refractivity contribution in [3.8, 4) is 0 Å². The second-order valence-electron chi connectivity index (χ2n) is 5.68. The third kappa shape index (κ3) is 4.14. The first kappa shape index (κ1) is 20.6. The van der Waals surface area contributed by atoms with E-state index in [9.17, 15) is 13.6 Å². The first-order chi connectivity index (χ1) is 11.9. The SMILES string of the molecule is Cc1nnsc1C(=O)N(CCN(C)C)c1nc2c(F)cc(F)cc2s1.Cl. The summed E-state index contributed by atoms with van der Waals surface area (Å²) in [6.45, 7) is 2.64. The highest BCUT2D eigenvalue weighted by Gasteiger charge is 2.25. The highest BCUT2D eigenvalue weighted by Crippen LogP contribution is 2.32. The molecule has 0 unspecified atom stereocenters. The number of fused-ring (bicyclic) bond motifs is 1.